The van der Waals surface area contributed by atoms with Crippen LogP contribution in [0.2, 0.25) is 0 Å². The third-order valence-electron chi connectivity index (χ3n) is 2.72. The van der Waals surface area contributed by atoms with Gasteiger partial charge in [-0.25, -0.2) is 0 Å². The van der Waals surface area contributed by atoms with E-state index in [1.165, 1.54) is 5.56 Å². The Morgan fingerprint density at radius 1 is 1.24 bits per heavy atom. The van der Waals surface area contributed by atoms with Crippen LogP contribution >= 0.6 is 0 Å². The Labute approximate surface area is 102 Å². The zero-order valence-corrected chi connectivity index (χ0v) is 10.7. The lowest BCUT2D eigenvalue weighted by Gasteiger charge is -2.17. The topological polar surface area (TPSA) is 61.7 Å². The van der Waals surface area contributed by atoms with E-state index in [1.54, 1.807) is 7.11 Å². The molecule has 96 valence electrons. The summed E-state index contributed by atoms with van der Waals surface area (Å²) < 4.78 is 5.37. The van der Waals surface area contributed by atoms with Gasteiger partial charge in [0, 0.05) is 12.1 Å². The Morgan fingerprint density at radius 3 is 2.41 bits per heavy atom. The fourth-order valence-corrected chi connectivity index (χ4v) is 1.91. The first kappa shape index (κ1) is 14.0. The van der Waals surface area contributed by atoms with Gasteiger partial charge in [0.2, 0.25) is 0 Å². The summed E-state index contributed by atoms with van der Waals surface area (Å²) in [5.74, 6) is 0.859. The lowest BCUT2D eigenvalue weighted by molar-refractivity contribution is 0.170. The number of nitrogens with one attached hydrogen (secondary N) is 1. The van der Waals surface area contributed by atoms with Crippen molar-refractivity contribution in [1.82, 2.24) is 5.32 Å². The minimum Gasteiger partial charge on any atom is -0.496 e. The van der Waals surface area contributed by atoms with E-state index in [1.807, 2.05) is 19.9 Å². The van der Waals surface area contributed by atoms with Crippen molar-refractivity contribution < 1.29 is 14.9 Å². The minimum atomic E-state index is -0.291. The quantitative estimate of drug-likeness (QED) is 0.685. The van der Waals surface area contributed by atoms with E-state index >= 15 is 0 Å². The second-order valence-electron chi connectivity index (χ2n) is 4.22. The fourth-order valence-electron chi connectivity index (χ4n) is 1.91. The highest BCUT2D eigenvalue weighted by Gasteiger charge is 2.10. The van der Waals surface area contributed by atoms with Gasteiger partial charge >= 0.3 is 0 Å². The molecule has 1 aromatic rings. The molecule has 0 heterocycles. The summed E-state index contributed by atoms with van der Waals surface area (Å²) >= 11 is 0. The average Bonchev–Trinajstić information content (AvgIpc) is 2.29. The van der Waals surface area contributed by atoms with Gasteiger partial charge in [0.15, 0.2) is 0 Å². The highest BCUT2D eigenvalue weighted by Crippen LogP contribution is 2.24. The molecular formula is C13H21NO3. The van der Waals surface area contributed by atoms with Crippen LogP contribution in [-0.2, 0) is 6.54 Å². The van der Waals surface area contributed by atoms with Crippen molar-refractivity contribution in [2.75, 3.05) is 20.3 Å². The van der Waals surface area contributed by atoms with Crippen molar-refractivity contribution in [3.8, 4) is 5.75 Å². The molecule has 4 heteroatoms. The van der Waals surface area contributed by atoms with Crippen molar-refractivity contribution in [3.05, 3.63) is 28.8 Å². The maximum Gasteiger partial charge on any atom is 0.126 e. The zero-order chi connectivity index (χ0) is 12.8. The van der Waals surface area contributed by atoms with Crippen LogP contribution in [0.4, 0.5) is 0 Å². The van der Waals surface area contributed by atoms with Gasteiger partial charge in [-0.1, -0.05) is 17.7 Å². The van der Waals surface area contributed by atoms with Gasteiger partial charge in [-0.3, -0.25) is 0 Å². The number of aliphatic hydroxyl groups excluding tert-OH is 2. The van der Waals surface area contributed by atoms with Crippen molar-refractivity contribution >= 4 is 0 Å². The van der Waals surface area contributed by atoms with Gasteiger partial charge in [0.05, 0.1) is 26.4 Å². The Hall–Kier alpha value is -1.10. The monoisotopic (exact) mass is 239 g/mol. The Bertz CT molecular complexity index is 362. The molecular weight excluding hydrogens is 218 g/mol. The van der Waals surface area contributed by atoms with E-state index in [0.29, 0.717) is 6.54 Å². The Balaban J connectivity index is 2.82. The summed E-state index contributed by atoms with van der Waals surface area (Å²) in [5.41, 5.74) is 3.30. The SMILES string of the molecule is COc1c(C)cc(C)cc1CNC(CO)CO. The van der Waals surface area contributed by atoms with Crippen LogP contribution in [0, 0.1) is 13.8 Å². The van der Waals surface area contributed by atoms with E-state index in [2.05, 4.69) is 11.4 Å². The molecule has 1 rings (SSSR count). The summed E-state index contributed by atoms with van der Waals surface area (Å²) in [6.07, 6.45) is 0. The molecule has 0 aliphatic rings. The first-order valence-electron chi connectivity index (χ1n) is 5.71. The van der Waals surface area contributed by atoms with Gasteiger partial charge in [-0.05, 0) is 19.4 Å². The molecule has 3 N–H and O–H groups in total. The number of aryl methyl sites for hydroxylation is 2. The van der Waals surface area contributed by atoms with Gasteiger partial charge < -0.3 is 20.3 Å². The molecule has 0 aliphatic carbocycles. The number of methoxy groups -OCH3 is 1. The van der Waals surface area contributed by atoms with Crippen LogP contribution in [0.15, 0.2) is 12.1 Å². The zero-order valence-electron chi connectivity index (χ0n) is 10.7. The van der Waals surface area contributed by atoms with Crippen molar-refractivity contribution in [3.63, 3.8) is 0 Å². The van der Waals surface area contributed by atoms with Gasteiger partial charge in [-0.15, -0.1) is 0 Å². The molecule has 0 amide bonds. The molecule has 0 atom stereocenters. The largest absolute Gasteiger partial charge is 0.496 e. The molecule has 0 saturated carbocycles. The molecule has 0 aliphatic heterocycles. The molecule has 17 heavy (non-hydrogen) atoms. The van der Waals surface area contributed by atoms with E-state index in [0.717, 1.165) is 16.9 Å². The molecule has 0 bridgehead atoms. The van der Waals surface area contributed by atoms with Gasteiger partial charge in [0.1, 0.15) is 5.75 Å². The average molecular weight is 239 g/mol. The van der Waals surface area contributed by atoms with E-state index in [9.17, 15) is 0 Å². The molecule has 0 fully saturated rings. The maximum absolute atomic E-state index is 8.99. The van der Waals surface area contributed by atoms with Crippen LogP contribution in [0.1, 0.15) is 16.7 Å². The predicted molar refractivity (Wildman–Crippen MR) is 67.3 cm³/mol. The van der Waals surface area contributed by atoms with Crippen LogP contribution in [0.3, 0.4) is 0 Å². The van der Waals surface area contributed by atoms with E-state index < -0.39 is 0 Å². The molecule has 0 saturated heterocycles. The summed E-state index contributed by atoms with van der Waals surface area (Å²) in [6, 6.07) is 3.82. The molecule has 0 spiro atoms. The van der Waals surface area contributed by atoms with Crippen LogP contribution < -0.4 is 10.1 Å². The number of ether oxygens (including phenoxy) is 1. The third-order valence-corrected chi connectivity index (χ3v) is 2.72. The number of hydrogen-bond donors (Lipinski definition) is 3. The molecule has 4 nitrogen and oxygen atoms in total. The lowest BCUT2D eigenvalue weighted by Crippen LogP contribution is -2.35. The molecule has 0 aromatic heterocycles. The second-order valence-corrected chi connectivity index (χ2v) is 4.22. The molecule has 0 unspecified atom stereocenters. The Kier molecular flexibility index (Phi) is 5.41. The normalized spacial score (nSPS) is 10.9. The Morgan fingerprint density at radius 2 is 1.88 bits per heavy atom. The van der Waals surface area contributed by atoms with E-state index in [4.69, 9.17) is 14.9 Å². The minimum absolute atomic E-state index is 0.0797. The highest BCUT2D eigenvalue weighted by atomic mass is 16.5. The maximum atomic E-state index is 8.99. The highest BCUT2D eigenvalue weighted by molar-refractivity contribution is 5.43. The number of rotatable bonds is 6. The van der Waals surface area contributed by atoms with Crippen molar-refractivity contribution in [1.29, 1.82) is 0 Å². The smallest absolute Gasteiger partial charge is 0.126 e. The molecule has 0 radical (unpaired) electrons. The summed E-state index contributed by atoms with van der Waals surface area (Å²) in [7, 11) is 1.65. The second kappa shape index (κ2) is 6.59. The number of hydrogen-bond acceptors (Lipinski definition) is 4. The number of aliphatic hydroxyl groups is 2. The molecule has 1 aromatic carbocycles. The van der Waals surface area contributed by atoms with Crippen LogP contribution in [-0.4, -0.2) is 36.6 Å². The third kappa shape index (κ3) is 3.70. The first-order chi connectivity index (χ1) is 8.12. The van der Waals surface area contributed by atoms with Crippen molar-refractivity contribution in [2.45, 2.75) is 26.4 Å². The van der Waals surface area contributed by atoms with Gasteiger partial charge in [-0.2, -0.15) is 0 Å². The lowest BCUT2D eigenvalue weighted by atomic mass is 10.1. The summed E-state index contributed by atoms with van der Waals surface area (Å²) in [5, 5.41) is 21.1. The summed E-state index contributed by atoms with van der Waals surface area (Å²) in [6.45, 7) is 4.45. The summed E-state index contributed by atoms with van der Waals surface area (Å²) in [4.78, 5) is 0. The van der Waals surface area contributed by atoms with E-state index in [-0.39, 0.29) is 19.3 Å². The van der Waals surface area contributed by atoms with Crippen LogP contribution in [0.5, 0.6) is 5.75 Å². The van der Waals surface area contributed by atoms with Gasteiger partial charge in [0.25, 0.3) is 0 Å². The fraction of sp³-hybridized carbons (Fsp3) is 0.538. The number of benzene rings is 1. The van der Waals surface area contributed by atoms with Crippen molar-refractivity contribution in [2.24, 2.45) is 0 Å². The predicted octanol–water partition coefficient (Wildman–Crippen LogP) is 0.755. The van der Waals surface area contributed by atoms with Crippen LogP contribution in [0.25, 0.3) is 0 Å². The first-order valence-corrected chi connectivity index (χ1v) is 5.71. The standard InChI is InChI=1S/C13H21NO3/c1-9-4-10(2)13(17-3)11(5-9)6-14-12(7-15)8-16/h4-5,12,14-16H,6-8H2,1-3H3.